The maximum atomic E-state index is 11.6. The number of nitrogens with zero attached hydrogens (tertiary/aromatic N) is 1. The molecule has 7 nitrogen and oxygen atoms in total. The molecule has 0 aromatic carbocycles. The number of amides is 1. The van der Waals surface area contributed by atoms with Crippen molar-refractivity contribution in [2.24, 2.45) is 10.4 Å². The van der Waals surface area contributed by atoms with Crippen molar-refractivity contribution in [2.45, 2.75) is 65.4 Å². The molecule has 1 aliphatic carbocycles. The molecule has 0 aromatic rings. The van der Waals surface area contributed by atoms with Gasteiger partial charge in [-0.05, 0) is 52.4 Å². The van der Waals surface area contributed by atoms with Gasteiger partial charge >= 0.3 is 6.09 Å². The van der Waals surface area contributed by atoms with Crippen molar-refractivity contribution < 1.29 is 14.3 Å². The van der Waals surface area contributed by atoms with Gasteiger partial charge in [0, 0.05) is 39.9 Å². The Balaban J connectivity index is 2.30. The largest absolute Gasteiger partial charge is 0.444 e. The van der Waals surface area contributed by atoms with Crippen LogP contribution in [0.2, 0.25) is 0 Å². The predicted octanol–water partition coefficient (Wildman–Crippen LogP) is 2.66. The van der Waals surface area contributed by atoms with Crippen molar-refractivity contribution in [1.82, 2.24) is 16.0 Å². The highest BCUT2D eigenvalue weighted by atomic mass is 16.6. The van der Waals surface area contributed by atoms with Gasteiger partial charge in [-0.2, -0.15) is 0 Å². The van der Waals surface area contributed by atoms with E-state index in [9.17, 15) is 4.79 Å². The van der Waals surface area contributed by atoms with Crippen molar-refractivity contribution in [2.75, 3.05) is 39.9 Å². The van der Waals surface area contributed by atoms with Crippen molar-refractivity contribution >= 4 is 12.1 Å². The van der Waals surface area contributed by atoms with Gasteiger partial charge in [0.1, 0.15) is 5.60 Å². The predicted molar refractivity (Wildman–Crippen MR) is 106 cm³/mol. The van der Waals surface area contributed by atoms with Crippen LogP contribution in [0.3, 0.4) is 0 Å². The molecule has 0 saturated heterocycles. The Labute approximate surface area is 158 Å². The molecule has 1 amide bonds. The number of rotatable bonds is 9. The molecule has 0 aromatic heterocycles. The minimum atomic E-state index is -0.480. The third-order valence-corrected chi connectivity index (χ3v) is 4.59. The molecule has 1 rings (SSSR count). The molecular weight excluding hydrogens is 332 g/mol. The SMILES string of the molecule is CCOCCC1(CNC(=NC)NCCNC(=O)OC(C)(C)C)CCCC1. The van der Waals surface area contributed by atoms with E-state index in [4.69, 9.17) is 9.47 Å². The van der Waals surface area contributed by atoms with E-state index in [0.717, 1.165) is 32.1 Å². The summed E-state index contributed by atoms with van der Waals surface area (Å²) in [4.78, 5) is 15.9. The van der Waals surface area contributed by atoms with Crippen LogP contribution in [0.5, 0.6) is 0 Å². The molecule has 1 fully saturated rings. The van der Waals surface area contributed by atoms with E-state index in [0.29, 0.717) is 18.5 Å². The average molecular weight is 371 g/mol. The fourth-order valence-electron chi connectivity index (χ4n) is 3.22. The Morgan fingerprint density at radius 1 is 1.12 bits per heavy atom. The highest BCUT2D eigenvalue weighted by Gasteiger charge is 2.33. The number of ether oxygens (including phenoxy) is 2. The van der Waals surface area contributed by atoms with Gasteiger partial charge in [0.25, 0.3) is 0 Å². The zero-order chi connectivity index (χ0) is 19.5. The van der Waals surface area contributed by atoms with Crippen molar-refractivity contribution in [1.29, 1.82) is 0 Å². The first-order valence-corrected chi connectivity index (χ1v) is 9.79. The van der Waals surface area contributed by atoms with E-state index < -0.39 is 11.7 Å². The summed E-state index contributed by atoms with van der Waals surface area (Å²) in [5.41, 5.74) is -0.173. The van der Waals surface area contributed by atoms with Gasteiger partial charge in [-0.1, -0.05) is 12.8 Å². The topological polar surface area (TPSA) is 84.0 Å². The van der Waals surface area contributed by atoms with Crippen molar-refractivity contribution in [3.8, 4) is 0 Å². The zero-order valence-corrected chi connectivity index (χ0v) is 17.2. The maximum absolute atomic E-state index is 11.6. The number of hydrogen-bond acceptors (Lipinski definition) is 4. The van der Waals surface area contributed by atoms with Crippen LogP contribution in [0.25, 0.3) is 0 Å². The molecule has 0 atom stereocenters. The molecule has 7 heteroatoms. The second kappa shape index (κ2) is 11.3. The van der Waals surface area contributed by atoms with Crippen LogP contribution >= 0.6 is 0 Å². The van der Waals surface area contributed by atoms with Gasteiger partial charge in [0.15, 0.2) is 5.96 Å². The Morgan fingerprint density at radius 3 is 2.35 bits per heavy atom. The Hall–Kier alpha value is -1.50. The summed E-state index contributed by atoms with van der Waals surface area (Å²) in [5.74, 6) is 0.763. The van der Waals surface area contributed by atoms with Crippen LogP contribution in [0.4, 0.5) is 4.79 Å². The smallest absolute Gasteiger partial charge is 0.407 e. The van der Waals surface area contributed by atoms with Gasteiger partial charge < -0.3 is 25.4 Å². The van der Waals surface area contributed by atoms with Crippen LogP contribution in [0.1, 0.15) is 59.8 Å². The van der Waals surface area contributed by atoms with Gasteiger partial charge in [-0.3, -0.25) is 4.99 Å². The van der Waals surface area contributed by atoms with E-state index in [1.165, 1.54) is 25.7 Å². The average Bonchev–Trinajstić information content (AvgIpc) is 3.02. The van der Waals surface area contributed by atoms with Gasteiger partial charge in [-0.25, -0.2) is 4.79 Å². The summed E-state index contributed by atoms with van der Waals surface area (Å²) < 4.78 is 10.8. The van der Waals surface area contributed by atoms with Crippen molar-refractivity contribution in [3.63, 3.8) is 0 Å². The molecule has 1 aliphatic rings. The fraction of sp³-hybridized carbons (Fsp3) is 0.895. The molecule has 0 aliphatic heterocycles. The lowest BCUT2D eigenvalue weighted by Crippen LogP contribution is -2.45. The highest BCUT2D eigenvalue weighted by Crippen LogP contribution is 2.40. The second-order valence-electron chi connectivity index (χ2n) is 7.94. The summed E-state index contributed by atoms with van der Waals surface area (Å²) in [5, 5.41) is 9.41. The number of carbonyl (C=O) groups excluding carboxylic acids is 1. The third-order valence-electron chi connectivity index (χ3n) is 4.59. The van der Waals surface area contributed by atoms with Crippen LogP contribution < -0.4 is 16.0 Å². The summed E-state index contributed by atoms with van der Waals surface area (Å²) in [6.45, 7) is 11.1. The Bertz CT molecular complexity index is 441. The number of nitrogens with one attached hydrogen (secondary N) is 3. The molecule has 0 bridgehead atoms. The molecule has 152 valence electrons. The van der Waals surface area contributed by atoms with Crippen LogP contribution in [-0.2, 0) is 9.47 Å². The number of aliphatic imine (C=N–C) groups is 1. The molecule has 1 saturated carbocycles. The Kier molecular flexibility index (Phi) is 9.76. The molecular formula is C19H38N4O3. The third kappa shape index (κ3) is 9.27. The van der Waals surface area contributed by atoms with Crippen LogP contribution in [-0.4, -0.2) is 57.5 Å². The first-order valence-electron chi connectivity index (χ1n) is 9.79. The first kappa shape index (κ1) is 22.5. The summed E-state index contributed by atoms with van der Waals surface area (Å²) >= 11 is 0. The van der Waals surface area contributed by atoms with E-state index in [-0.39, 0.29) is 0 Å². The number of carbonyl (C=O) groups is 1. The lowest BCUT2D eigenvalue weighted by molar-refractivity contribution is 0.0529. The molecule has 0 radical (unpaired) electrons. The molecule has 3 N–H and O–H groups in total. The minimum absolute atomic E-state index is 0.307. The van der Waals surface area contributed by atoms with E-state index in [2.05, 4.69) is 20.9 Å². The lowest BCUT2D eigenvalue weighted by atomic mass is 9.83. The fourth-order valence-corrected chi connectivity index (χ4v) is 3.22. The van der Waals surface area contributed by atoms with Crippen LogP contribution in [0, 0.1) is 5.41 Å². The van der Waals surface area contributed by atoms with E-state index >= 15 is 0 Å². The standard InChI is InChI=1S/C19H38N4O3/c1-6-25-14-11-19(9-7-8-10-19)15-23-16(20-5)21-12-13-22-17(24)26-18(2,3)4/h6-15H2,1-5H3,(H,22,24)(H2,20,21,23). The van der Waals surface area contributed by atoms with Gasteiger partial charge in [0.2, 0.25) is 0 Å². The normalized spacial score (nSPS) is 17.0. The summed E-state index contributed by atoms with van der Waals surface area (Å²) in [6, 6.07) is 0. The Morgan fingerprint density at radius 2 is 1.77 bits per heavy atom. The number of alkyl carbamates (subject to hydrolysis) is 1. The summed E-state index contributed by atoms with van der Waals surface area (Å²) in [7, 11) is 1.76. The van der Waals surface area contributed by atoms with E-state index in [1.54, 1.807) is 7.05 Å². The highest BCUT2D eigenvalue weighted by molar-refractivity contribution is 5.79. The van der Waals surface area contributed by atoms with Gasteiger partial charge in [0.05, 0.1) is 0 Å². The number of guanidine groups is 1. The molecule has 26 heavy (non-hydrogen) atoms. The van der Waals surface area contributed by atoms with Crippen LogP contribution in [0.15, 0.2) is 4.99 Å². The maximum Gasteiger partial charge on any atom is 0.407 e. The molecule has 0 heterocycles. The minimum Gasteiger partial charge on any atom is -0.444 e. The van der Waals surface area contributed by atoms with E-state index in [1.807, 2.05) is 27.7 Å². The summed E-state index contributed by atoms with van der Waals surface area (Å²) in [6.07, 6.45) is 5.75. The lowest BCUT2D eigenvalue weighted by Gasteiger charge is -2.30. The monoisotopic (exact) mass is 370 g/mol. The van der Waals surface area contributed by atoms with Gasteiger partial charge in [-0.15, -0.1) is 0 Å². The quantitative estimate of drug-likeness (QED) is 0.330. The second-order valence-corrected chi connectivity index (χ2v) is 7.94. The zero-order valence-electron chi connectivity index (χ0n) is 17.2. The molecule has 0 unspecified atom stereocenters. The first-order chi connectivity index (χ1) is 12.3. The number of hydrogen-bond donors (Lipinski definition) is 3. The molecule has 0 spiro atoms. The van der Waals surface area contributed by atoms with Crippen molar-refractivity contribution in [3.05, 3.63) is 0 Å².